The number of nitro groups is 2. The Bertz CT molecular complexity index is 4180. The third-order valence-electron chi connectivity index (χ3n) is 17.4. The number of nitrogens with zero attached hydrogens (tertiary/aromatic N) is 3. The fraction of sp³-hybridized carbons (Fsp3) is 0.438. The summed E-state index contributed by atoms with van der Waals surface area (Å²) >= 11 is 0. The SMILES string of the molecule is COc1ccc2c(CC(=O)N[C@@H](Cc3cnc[nH]3)C(=O)N[C@@H](CCC(N)=O)C(=O)N[C@@H](CCCCN)C(=O)N[C@@H](CC(C)C)C(=O)N[C@H](C(=O)N[C@@H](Cc3ccccc3)C(=O)N[C@@H](Cc3ccccc3)C(=O)N[C@@H](C)C(=O)N[C@@H](CCCCNc3ccc([N+](=O)[O-])cc3[N+](=O)[O-])C(N)=O)C(C)C)cc(=O)oc2c1. The van der Waals surface area contributed by atoms with Gasteiger partial charge in [0.15, 0.2) is 0 Å². The van der Waals surface area contributed by atoms with Crippen molar-refractivity contribution in [1.82, 2.24) is 57.8 Å². The number of carbonyl (C=O) groups is 11. The Labute approximate surface area is 621 Å². The van der Waals surface area contributed by atoms with Crippen molar-refractivity contribution >= 4 is 93.0 Å². The first-order valence-corrected chi connectivity index (χ1v) is 35.3. The van der Waals surface area contributed by atoms with Gasteiger partial charge in [-0.3, -0.25) is 73.0 Å². The van der Waals surface area contributed by atoms with Gasteiger partial charge in [-0.1, -0.05) is 88.4 Å². The predicted molar refractivity (Wildman–Crippen MR) is 395 cm³/mol. The predicted octanol–water partition coefficient (Wildman–Crippen LogP) is 1.86. The third-order valence-corrected chi connectivity index (χ3v) is 17.4. The molecule has 0 aliphatic heterocycles. The zero-order valence-corrected chi connectivity index (χ0v) is 60.8. The number of fused-ring (bicyclic) bond motifs is 1. The maximum atomic E-state index is 14.8. The number of primary amides is 2. The van der Waals surface area contributed by atoms with Gasteiger partial charge in [0.2, 0.25) is 65.0 Å². The van der Waals surface area contributed by atoms with Crippen molar-refractivity contribution in [3.63, 3.8) is 0 Å². The number of rotatable bonds is 45. The first-order valence-electron chi connectivity index (χ1n) is 35.3. The molecule has 2 heterocycles. The van der Waals surface area contributed by atoms with Crippen molar-refractivity contribution in [2.75, 3.05) is 25.5 Å². The number of carbonyl (C=O) groups excluding carboxylic acids is 11. The van der Waals surface area contributed by atoms with Crippen LogP contribution in [0.2, 0.25) is 0 Å². The number of anilines is 1. The molecule has 6 rings (SSSR count). The molecule has 0 aliphatic carbocycles. The Hall–Kier alpha value is -12.2. The quantitative estimate of drug-likeness (QED) is 0.0112. The van der Waals surface area contributed by atoms with Crippen LogP contribution in [0.15, 0.2) is 125 Å². The van der Waals surface area contributed by atoms with E-state index in [1.165, 1.54) is 38.7 Å². The van der Waals surface area contributed by atoms with E-state index >= 15 is 0 Å². The molecule has 6 aromatic rings. The van der Waals surface area contributed by atoms with Crippen LogP contribution in [0.25, 0.3) is 11.0 Å². The number of ether oxygens (including phenoxy) is 1. The molecule has 11 amide bonds. The highest BCUT2D eigenvalue weighted by atomic mass is 16.6. The minimum absolute atomic E-state index is 0.00271. The Balaban J connectivity index is 1.16. The average molecular weight is 1500 g/mol. The molecule has 35 nitrogen and oxygen atoms in total. The number of aromatic amines is 1. The van der Waals surface area contributed by atoms with Gasteiger partial charge < -0.3 is 84.5 Å². The van der Waals surface area contributed by atoms with E-state index in [2.05, 4.69) is 63.1 Å². The number of unbranched alkanes of at least 4 members (excludes halogenated alkanes) is 2. The molecule has 35 heteroatoms. The molecule has 17 N–H and O–H groups in total. The number of amides is 11. The van der Waals surface area contributed by atoms with Gasteiger partial charge >= 0.3 is 5.63 Å². The number of hydrogen-bond donors (Lipinski definition) is 14. The molecular formula is C73H95N17O18. The molecule has 0 fully saturated rings. The summed E-state index contributed by atoms with van der Waals surface area (Å²) in [4.78, 5) is 195. The van der Waals surface area contributed by atoms with Crippen molar-refractivity contribution in [3.05, 3.63) is 169 Å². The largest absolute Gasteiger partial charge is 0.497 e. The summed E-state index contributed by atoms with van der Waals surface area (Å²) < 4.78 is 10.6. The summed E-state index contributed by atoms with van der Waals surface area (Å²) in [6, 6.07) is 13.6. The molecule has 9 atom stereocenters. The summed E-state index contributed by atoms with van der Waals surface area (Å²) in [6.07, 6.45) is 2.32. The van der Waals surface area contributed by atoms with Crippen molar-refractivity contribution in [3.8, 4) is 5.75 Å². The normalized spacial score (nSPS) is 13.6. The summed E-state index contributed by atoms with van der Waals surface area (Å²) in [5.74, 6) is -9.89. The molecule has 580 valence electrons. The number of nitrogens with two attached hydrogens (primary N) is 3. The maximum Gasteiger partial charge on any atom is 0.336 e. The molecule has 0 bridgehead atoms. The molecule has 0 saturated carbocycles. The summed E-state index contributed by atoms with van der Waals surface area (Å²) in [5.41, 5.74) is 17.3. The van der Waals surface area contributed by atoms with Crippen LogP contribution in [0.3, 0.4) is 0 Å². The second-order valence-corrected chi connectivity index (χ2v) is 26.7. The highest BCUT2D eigenvalue weighted by Gasteiger charge is 2.37. The Kier molecular flexibility index (Phi) is 33.0. The van der Waals surface area contributed by atoms with Crippen LogP contribution in [0.4, 0.5) is 17.1 Å². The lowest BCUT2D eigenvalue weighted by Gasteiger charge is -2.30. The number of non-ortho nitro benzene ring substituents is 1. The van der Waals surface area contributed by atoms with Crippen LogP contribution >= 0.6 is 0 Å². The molecule has 0 unspecified atom stereocenters. The molecular weight excluding hydrogens is 1400 g/mol. The first kappa shape index (κ1) is 84.8. The average Bonchev–Trinajstić information content (AvgIpc) is 0.919. The topological polar surface area (TPSA) is 541 Å². The summed E-state index contributed by atoms with van der Waals surface area (Å²) in [7, 11) is 1.43. The number of hydrogen-bond acceptors (Lipinski definition) is 21. The molecule has 4 aromatic carbocycles. The monoisotopic (exact) mass is 1500 g/mol. The van der Waals surface area contributed by atoms with Gasteiger partial charge in [0, 0.05) is 67.7 Å². The Morgan fingerprint density at radius 2 is 1.12 bits per heavy atom. The number of H-pyrrole nitrogens is 1. The van der Waals surface area contributed by atoms with Gasteiger partial charge in [-0.05, 0) is 112 Å². The standard InChI is InChI=1S/C73H95N17O18/c1-41(2)31-55(85-67(96)53(22-13-15-29-74)83-68(97)54(27-28-61(75)91)84-71(100)58(36-47-39-77-40-79-47)81-62(92)34-46-35-63(93)108-60-38-49(107-6)24-25-50(46)60)72(101)88-64(42(3)4)73(102)87-57(33-45-19-11-8-12-20-45)70(99)86-56(32-44-17-9-7-10-18-44)69(98)80-43(5)66(95)82-52(65(76)94)21-14-16-30-78-51-26-23-48(89(103)104)37-59(51)90(105)106/h7-12,17-20,23-26,35,37-43,52-58,64,78H,13-16,21-22,27-34,36,74H2,1-6H3,(H2,75,91)(H2,76,94)(H,77,79)(H,80,98)(H,81,92)(H,82,95)(H,83,97)(H,84,100)(H,85,96)(H,86,99)(H,87,102)(H,88,101)/t43-,52-,53-,54-,55-,56-,57-,58-,64-/m0/s1. The van der Waals surface area contributed by atoms with Crippen LogP contribution in [0.1, 0.15) is 115 Å². The number of benzene rings is 4. The lowest BCUT2D eigenvalue weighted by Crippen LogP contribution is -2.61. The van der Waals surface area contributed by atoms with E-state index in [9.17, 15) is 77.8 Å². The van der Waals surface area contributed by atoms with Crippen LogP contribution in [0, 0.1) is 32.1 Å². The lowest BCUT2D eigenvalue weighted by molar-refractivity contribution is -0.393. The third kappa shape index (κ3) is 27.1. The molecule has 0 spiro atoms. The van der Waals surface area contributed by atoms with Gasteiger partial charge in [-0.2, -0.15) is 0 Å². The minimum atomic E-state index is -1.56. The molecule has 108 heavy (non-hydrogen) atoms. The highest BCUT2D eigenvalue weighted by molar-refractivity contribution is 5.99. The van der Waals surface area contributed by atoms with Crippen LogP contribution < -0.4 is 80.7 Å². The Morgan fingerprint density at radius 3 is 1.68 bits per heavy atom. The molecule has 2 aromatic heterocycles. The summed E-state index contributed by atoms with van der Waals surface area (Å²) in [5, 5.41) is 50.2. The van der Waals surface area contributed by atoms with Crippen molar-refractivity contribution in [2.45, 2.75) is 172 Å². The highest BCUT2D eigenvalue weighted by Crippen LogP contribution is 2.29. The number of nitrogens with one attached hydrogen (secondary N) is 11. The van der Waals surface area contributed by atoms with Crippen molar-refractivity contribution in [2.24, 2.45) is 29.0 Å². The van der Waals surface area contributed by atoms with E-state index in [1.54, 1.807) is 100 Å². The lowest BCUT2D eigenvalue weighted by atomic mass is 9.98. The zero-order valence-electron chi connectivity index (χ0n) is 60.8. The van der Waals surface area contributed by atoms with E-state index in [1.807, 2.05) is 0 Å². The fourth-order valence-corrected chi connectivity index (χ4v) is 11.6. The number of nitro benzene ring substituents is 2. The van der Waals surface area contributed by atoms with E-state index in [-0.39, 0.29) is 93.6 Å². The molecule has 0 radical (unpaired) electrons. The first-order chi connectivity index (χ1) is 51.4. The van der Waals surface area contributed by atoms with Crippen LogP contribution in [0.5, 0.6) is 5.75 Å². The van der Waals surface area contributed by atoms with Gasteiger partial charge in [0.05, 0.1) is 35.8 Å². The van der Waals surface area contributed by atoms with E-state index in [0.717, 1.165) is 18.2 Å². The second kappa shape index (κ2) is 42.1. The van der Waals surface area contributed by atoms with Gasteiger partial charge in [-0.25, -0.2) is 9.78 Å². The van der Waals surface area contributed by atoms with Gasteiger partial charge in [0.1, 0.15) is 71.4 Å². The molecule has 0 saturated heterocycles. The van der Waals surface area contributed by atoms with Gasteiger partial charge in [-0.15, -0.1) is 0 Å². The Morgan fingerprint density at radius 1 is 0.574 bits per heavy atom. The number of imidazole rings is 1. The van der Waals surface area contributed by atoms with Crippen LogP contribution in [-0.2, 0) is 78.4 Å². The van der Waals surface area contributed by atoms with Crippen LogP contribution in [-0.4, -0.2) is 159 Å². The summed E-state index contributed by atoms with van der Waals surface area (Å²) in [6.45, 7) is 8.49. The second-order valence-electron chi connectivity index (χ2n) is 26.7. The fourth-order valence-electron chi connectivity index (χ4n) is 11.6. The minimum Gasteiger partial charge on any atom is -0.497 e. The number of aromatic nitrogens is 2. The smallest absolute Gasteiger partial charge is 0.336 e. The van der Waals surface area contributed by atoms with Crippen molar-refractivity contribution < 1.29 is 71.7 Å². The van der Waals surface area contributed by atoms with E-state index in [4.69, 9.17) is 26.4 Å². The van der Waals surface area contributed by atoms with E-state index in [0.29, 0.717) is 40.8 Å². The number of methoxy groups -OCH3 is 1. The van der Waals surface area contributed by atoms with Crippen molar-refractivity contribution in [1.29, 1.82) is 0 Å². The van der Waals surface area contributed by atoms with E-state index < -0.39 is 165 Å². The molecule has 0 aliphatic rings. The van der Waals surface area contributed by atoms with Gasteiger partial charge in [0.25, 0.3) is 11.4 Å². The zero-order chi connectivity index (χ0) is 79.1. The maximum absolute atomic E-state index is 14.8.